The van der Waals surface area contributed by atoms with Crippen LogP contribution in [0, 0.1) is 0 Å². The summed E-state index contributed by atoms with van der Waals surface area (Å²) in [6.45, 7) is -0.164. The maximum absolute atomic E-state index is 12.5. The zero-order valence-corrected chi connectivity index (χ0v) is 12.0. The van der Waals surface area contributed by atoms with Gasteiger partial charge in [-0.15, -0.1) is 0 Å². The minimum atomic E-state index is -0.466. The molecule has 0 fully saturated rings. The average molecular weight is 297 g/mol. The molecule has 0 aliphatic heterocycles. The lowest BCUT2D eigenvalue weighted by Crippen LogP contribution is -2.15. The van der Waals surface area contributed by atoms with Crippen molar-refractivity contribution in [3.63, 3.8) is 0 Å². The van der Waals surface area contributed by atoms with Crippen LogP contribution in [0.5, 0.6) is 0 Å². The van der Waals surface area contributed by atoms with Gasteiger partial charge in [-0.05, 0) is 6.42 Å². The van der Waals surface area contributed by atoms with Crippen molar-refractivity contribution < 1.29 is 8.81 Å². The predicted octanol–water partition coefficient (Wildman–Crippen LogP) is 4.13. The highest BCUT2D eigenvalue weighted by Gasteiger charge is 2.19. The Morgan fingerprint density at radius 1 is 0.909 bits per heavy atom. The molecular formula is C18H16FNO2. The molecule has 22 heavy (non-hydrogen) atoms. The van der Waals surface area contributed by atoms with Gasteiger partial charge >= 0.3 is 5.76 Å². The van der Waals surface area contributed by atoms with Crippen LogP contribution in [0.4, 0.5) is 4.39 Å². The van der Waals surface area contributed by atoms with Crippen LogP contribution in [0.15, 0.2) is 69.9 Å². The fourth-order valence-electron chi connectivity index (χ4n) is 2.49. The monoisotopic (exact) mass is 297 g/mol. The maximum atomic E-state index is 12.5. The molecule has 0 N–H and O–H groups in total. The molecule has 4 heteroatoms. The Labute approximate surface area is 127 Å². The van der Waals surface area contributed by atoms with Crippen LogP contribution >= 0.6 is 0 Å². The Balaban J connectivity index is 2.20. The number of oxazole rings is 1. The number of benzene rings is 2. The normalized spacial score (nSPS) is 10.8. The number of aromatic nitrogens is 1. The van der Waals surface area contributed by atoms with Crippen LogP contribution in [-0.4, -0.2) is 11.2 Å². The lowest BCUT2D eigenvalue weighted by molar-refractivity contribution is 0.426. The van der Waals surface area contributed by atoms with Gasteiger partial charge in [0.25, 0.3) is 0 Å². The Kier molecular flexibility index (Phi) is 4.19. The highest BCUT2D eigenvalue weighted by atomic mass is 19.1. The average Bonchev–Trinajstić information content (AvgIpc) is 2.91. The molecule has 0 spiro atoms. The molecule has 112 valence electrons. The van der Waals surface area contributed by atoms with Gasteiger partial charge in [-0.1, -0.05) is 60.7 Å². The van der Waals surface area contributed by atoms with E-state index in [1.165, 1.54) is 4.57 Å². The third-order valence-electron chi connectivity index (χ3n) is 3.49. The summed E-state index contributed by atoms with van der Waals surface area (Å²) < 4.78 is 19.5. The highest BCUT2D eigenvalue weighted by Crippen LogP contribution is 2.31. The quantitative estimate of drug-likeness (QED) is 0.709. The Morgan fingerprint density at radius 3 is 2.09 bits per heavy atom. The van der Waals surface area contributed by atoms with Crippen LogP contribution in [0.25, 0.3) is 22.6 Å². The van der Waals surface area contributed by atoms with Gasteiger partial charge in [-0.3, -0.25) is 8.96 Å². The lowest BCUT2D eigenvalue weighted by Gasteiger charge is -2.07. The van der Waals surface area contributed by atoms with Crippen molar-refractivity contribution in [3.05, 3.63) is 71.2 Å². The number of rotatable bonds is 5. The van der Waals surface area contributed by atoms with Crippen LogP contribution in [0.1, 0.15) is 6.42 Å². The molecule has 0 atom stereocenters. The molecule has 0 aliphatic rings. The van der Waals surface area contributed by atoms with E-state index < -0.39 is 12.4 Å². The number of hydrogen-bond donors (Lipinski definition) is 0. The summed E-state index contributed by atoms with van der Waals surface area (Å²) in [5.41, 5.74) is 2.41. The molecule has 3 rings (SSSR count). The molecule has 0 unspecified atom stereocenters. The largest absolute Gasteiger partial charge is 0.419 e. The third-order valence-corrected chi connectivity index (χ3v) is 3.49. The molecule has 0 aliphatic carbocycles. The molecule has 2 aromatic carbocycles. The Bertz CT molecular complexity index is 791. The molecule has 0 saturated carbocycles. The summed E-state index contributed by atoms with van der Waals surface area (Å²) in [5, 5.41) is 0. The highest BCUT2D eigenvalue weighted by molar-refractivity contribution is 5.77. The first-order valence-electron chi connectivity index (χ1n) is 7.21. The minimum Gasteiger partial charge on any atom is -0.407 e. The second-order valence-electron chi connectivity index (χ2n) is 4.97. The zero-order valence-electron chi connectivity index (χ0n) is 12.0. The molecule has 0 radical (unpaired) electrons. The summed E-state index contributed by atoms with van der Waals surface area (Å²) in [6, 6.07) is 19.0. The van der Waals surface area contributed by atoms with E-state index in [4.69, 9.17) is 4.42 Å². The topological polar surface area (TPSA) is 35.1 Å². The van der Waals surface area contributed by atoms with Crippen molar-refractivity contribution in [1.29, 1.82) is 0 Å². The second-order valence-corrected chi connectivity index (χ2v) is 4.97. The molecule has 1 heterocycles. The van der Waals surface area contributed by atoms with Gasteiger partial charge in [0.1, 0.15) is 0 Å². The van der Waals surface area contributed by atoms with Gasteiger partial charge in [0.05, 0.1) is 12.4 Å². The van der Waals surface area contributed by atoms with E-state index in [9.17, 15) is 9.18 Å². The van der Waals surface area contributed by atoms with Gasteiger partial charge in [-0.25, -0.2) is 4.79 Å². The van der Waals surface area contributed by atoms with E-state index in [2.05, 4.69) is 0 Å². The van der Waals surface area contributed by atoms with Crippen molar-refractivity contribution in [2.24, 2.45) is 0 Å². The predicted molar refractivity (Wildman–Crippen MR) is 84.4 cm³/mol. The van der Waals surface area contributed by atoms with Crippen molar-refractivity contribution in [2.75, 3.05) is 6.67 Å². The van der Waals surface area contributed by atoms with Gasteiger partial charge in [-0.2, -0.15) is 0 Å². The molecule has 0 amide bonds. The summed E-state index contributed by atoms with van der Waals surface area (Å²) in [4.78, 5) is 12.2. The smallest absolute Gasteiger partial charge is 0.407 e. The van der Waals surface area contributed by atoms with Crippen molar-refractivity contribution in [1.82, 2.24) is 4.57 Å². The van der Waals surface area contributed by atoms with Gasteiger partial charge in [0, 0.05) is 17.7 Å². The van der Waals surface area contributed by atoms with E-state index >= 15 is 0 Å². The first kappa shape index (κ1) is 14.3. The number of halogens is 1. The zero-order chi connectivity index (χ0) is 15.4. The fraction of sp³-hybridized carbons (Fsp3) is 0.167. The van der Waals surface area contributed by atoms with Gasteiger partial charge in [0.15, 0.2) is 5.76 Å². The molecule has 0 saturated heterocycles. The number of hydrogen-bond acceptors (Lipinski definition) is 2. The summed E-state index contributed by atoms with van der Waals surface area (Å²) in [7, 11) is 0. The standard InChI is InChI=1S/C18H16FNO2/c19-12-7-13-20-16(14-8-3-1-4-9-14)17(22-18(20)21)15-10-5-2-6-11-15/h1-6,8-11H,7,12-13H2. The summed E-state index contributed by atoms with van der Waals surface area (Å²) >= 11 is 0. The van der Waals surface area contributed by atoms with Crippen LogP contribution in [-0.2, 0) is 6.54 Å². The van der Waals surface area contributed by atoms with Crippen molar-refractivity contribution in [2.45, 2.75) is 13.0 Å². The third kappa shape index (κ3) is 2.72. The fourth-order valence-corrected chi connectivity index (χ4v) is 2.49. The van der Waals surface area contributed by atoms with E-state index in [1.54, 1.807) is 0 Å². The van der Waals surface area contributed by atoms with E-state index in [1.807, 2.05) is 60.7 Å². The van der Waals surface area contributed by atoms with Crippen LogP contribution in [0.3, 0.4) is 0 Å². The van der Waals surface area contributed by atoms with Gasteiger partial charge in [0.2, 0.25) is 0 Å². The Morgan fingerprint density at radius 2 is 1.50 bits per heavy atom. The SMILES string of the molecule is O=c1oc(-c2ccccc2)c(-c2ccccc2)n1CCCF. The van der Waals surface area contributed by atoms with Crippen molar-refractivity contribution >= 4 is 0 Å². The minimum absolute atomic E-state index is 0.285. The lowest BCUT2D eigenvalue weighted by atomic mass is 10.1. The molecule has 0 bridgehead atoms. The number of alkyl halides is 1. The first-order valence-corrected chi connectivity index (χ1v) is 7.21. The van der Waals surface area contributed by atoms with Crippen LogP contribution < -0.4 is 5.76 Å². The van der Waals surface area contributed by atoms with E-state index in [-0.39, 0.29) is 6.42 Å². The van der Waals surface area contributed by atoms with Crippen molar-refractivity contribution in [3.8, 4) is 22.6 Å². The molecule has 3 aromatic rings. The first-order chi connectivity index (χ1) is 10.8. The summed E-state index contributed by atoms with van der Waals surface area (Å²) in [5.74, 6) is 0.0711. The van der Waals surface area contributed by atoms with E-state index in [0.29, 0.717) is 18.0 Å². The Hall–Kier alpha value is -2.62. The van der Waals surface area contributed by atoms with Gasteiger partial charge < -0.3 is 4.42 Å². The second kappa shape index (κ2) is 6.43. The molecular weight excluding hydrogens is 281 g/mol. The number of nitrogens with zero attached hydrogens (tertiary/aromatic N) is 1. The maximum Gasteiger partial charge on any atom is 0.419 e. The molecule has 1 aromatic heterocycles. The van der Waals surface area contributed by atoms with Crippen LogP contribution in [0.2, 0.25) is 0 Å². The molecule has 3 nitrogen and oxygen atoms in total. The summed E-state index contributed by atoms with van der Waals surface area (Å²) in [6.07, 6.45) is 0.285. The van der Waals surface area contributed by atoms with E-state index in [0.717, 1.165) is 11.1 Å².